The lowest BCUT2D eigenvalue weighted by atomic mass is 9.97. The van der Waals surface area contributed by atoms with Crippen molar-refractivity contribution in [3.05, 3.63) is 41.1 Å². The maximum atomic E-state index is 12.6. The Labute approximate surface area is 221 Å². The number of amidine groups is 1. The Morgan fingerprint density at radius 3 is 2.78 bits per heavy atom. The lowest BCUT2D eigenvalue weighted by Crippen LogP contribution is -2.42. The Kier molecular flexibility index (Phi) is 8.65. The van der Waals surface area contributed by atoms with Crippen molar-refractivity contribution in [3.8, 4) is 27.6 Å². The number of nitrogens with two attached hydrogens (primary N) is 1. The number of thiophene rings is 1. The van der Waals surface area contributed by atoms with Crippen LogP contribution < -0.4 is 10.5 Å². The summed E-state index contributed by atoms with van der Waals surface area (Å²) in [6.45, 7) is 3.17. The van der Waals surface area contributed by atoms with E-state index in [9.17, 15) is 9.59 Å². The first-order valence-electron chi connectivity index (χ1n) is 11.6. The first kappa shape index (κ1) is 26.2. The lowest BCUT2D eigenvalue weighted by Gasteiger charge is -2.30. The normalized spacial score (nSPS) is 14.5. The number of carbonyl (C=O) groups is 2. The third kappa shape index (κ3) is 5.91. The van der Waals surface area contributed by atoms with Crippen molar-refractivity contribution in [1.29, 1.82) is 5.41 Å². The lowest BCUT2D eigenvalue weighted by molar-refractivity contribution is -0.151. The monoisotopic (exact) mass is 545 g/mol. The van der Waals surface area contributed by atoms with Crippen LogP contribution in [-0.4, -0.2) is 59.5 Å². The van der Waals surface area contributed by atoms with E-state index in [1.54, 1.807) is 34.9 Å². The number of likely N-dealkylation sites (tertiary alicyclic amines) is 1. The van der Waals surface area contributed by atoms with Gasteiger partial charge in [-0.2, -0.15) is 0 Å². The highest BCUT2D eigenvalue weighted by Gasteiger charge is 2.28. The maximum Gasteiger partial charge on any atom is 0.335 e. The summed E-state index contributed by atoms with van der Waals surface area (Å²) in [5, 5.41) is 12.8. The molecule has 0 aliphatic carbocycles. The average molecular weight is 546 g/mol. The first-order chi connectivity index (χ1) is 17.4. The molecule has 3 heterocycles. The van der Waals surface area contributed by atoms with Gasteiger partial charge >= 0.3 is 11.1 Å². The smallest absolute Gasteiger partial charge is 0.335 e. The topological polar surface area (TPSA) is 119 Å². The fraction of sp³-hybridized carbons (Fsp3) is 0.360. The van der Waals surface area contributed by atoms with Crippen LogP contribution in [0.4, 0.5) is 0 Å². The van der Waals surface area contributed by atoms with Crippen LogP contribution in [0.3, 0.4) is 0 Å². The summed E-state index contributed by atoms with van der Waals surface area (Å²) in [7, 11) is -0.490. The van der Waals surface area contributed by atoms with Crippen LogP contribution in [0.2, 0.25) is 0 Å². The summed E-state index contributed by atoms with van der Waals surface area (Å²) in [6.07, 6.45) is 3.22. The van der Waals surface area contributed by atoms with Gasteiger partial charge in [0.15, 0.2) is 6.61 Å². The van der Waals surface area contributed by atoms with Crippen LogP contribution in [0.5, 0.6) is 5.75 Å². The van der Waals surface area contributed by atoms with Crippen LogP contribution in [0.15, 0.2) is 45.3 Å². The van der Waals surface area contributed by atoms with Crippen LogP contribution in [0.1, 0.15) is 19.8 Å². The van der Waals surface area contributed by atoms with E-state index in [-0.39, 0.29) is 29.6 Å². The van der Waals surface area contributed by atoms with Crippen LogP contribution in [0.25, 0.3) is 21.8 Å². The molecule has 0 saturated carbocycles. The number of nitrogens with zero attached hydrogens (tertiary/aromatic N) is 2. The molecule has 1 amide bonds. The number of piperidine rings is 1. The predicted octanol–water partition coefficient (Wildman–Crippen LogP) is 4.87. The molecule has 3 aromatic rings. The number of thiazole rings is 1. The SMILES string of the molecule is CCOC(=O)C1CCN(C(=O)COc2cccc(-c3csc(-c4cc[s+](C(=N)N)c4SC)n3)c2)CC1. The van der Waals surface area contributed by atoms with Gasteiger partial charge in [-0.1, -0.05) is 23.9 Å². The van der Waals surface area contributed by atoms with E-state index in [4.69, 9.17) is 25.6 Å². The van der Waals surface area contributed by atoms with Gasteiger partial charge in [-0.15, -0.1) is 11.3 Å². The number of hydrogen-bond donors (Lipinski definition) is 2. The van der Waals surface area contributed by atoms with Crippen molar-refractivity contribution in [1.82, 2.24) is 9.88 Å². The standard InChI is InChI=1S/C25H29N4O4S3/c1-3-32-23(31)16-7-10-29(11-8-16)21(30)14-33-18-6-4-5-17(13-18)20-15-35-22(28-20)19-9-12-36(25(26)27)24(19)34-2/h4-6,9,12-13,15-16H,3,7-8,10-11,14H2,1-2H3,(H3,26,27)/q+1. The van der Waals surface area contributed by atoms with E-state index in [2.05, 4.69) is 0 Å². The molecular weight excluding hydrogens is 517 g/mol. The summed E-state index contributed by atoms with van der Waals surface area (Å²) >= 11 is 3.15. The summed E-state index contributed by atoms with van der Waals surface area (Å²) in [4.78, 5) is 31.1. The molecule has 2 aromatic heterocycles. The van der Waals surface area contributed by atoms with Gasteiger partial charge < -0.3 is 20.1 Å². The molecule has 8 nitrogen and oxygen atoms in total. The third-order valence-electron chi connectivity index (χ3n) is 5.91. The van der Waals surface area contributed by atoms with Gasteiger partial charge in [0.2, 0.25) is 4.21 Å². The number of ether oxygens (including phenoxy) is 2. The molecule has 0 bridgehead atoms. The van der Waals surface area contributed by atoms with Gasteiger partial charge in [0.25, 0.3) is 5.91 Å². The average Bonchev–Trinajstić information content (AvgIpc) is 3.55. The number of nitrogens with one attached hydrogen (secondary N) is 1. The number of hydrogen-bond acceptors (Lipinski definition) is 8. The number of nitrogen functional groups attached to an aromatic ring is 1. The number of benzene rings is 1. The van der Waals surface area contributed by atoms with Crippen LogP contribution >= 0.6 is 33.6 Å². The van der Waals surface area contributed by atoms with Crippen molar-refractivity contribution < 1.29 is 19.1 Å². The number of esters is 1. The quantitative estimate of drug-likeness (QED) is 0.129. The number of thioether (sulfide) groups is 1. The molecule has 1 aliphatic heterocycles. The number of aromatic nitrogens is 1. The van der Waals surface area contributed by atoms with E-state index < -0.39 is 10.5 Å². The molecule has 4 rings (SSSR count). The molecule has 0 spiro atoms. The zero-order chi connectivity index (χ0) is 25.7. The fourth-order valence-corrected chi connectivity index (χ4v) is 7.72. The highest BCUT2D eigenvalue weighted by molar-refractivity contribution is 8.01. The second-order valence-electron chi connectivity index (χ2n) is 8.17. The molecule has 0 radical (unpaired) electrons. The van der Waals surface area contributed by atoms with Gasteiger partial charge in [-0.05, 0) is 38.2 Å². The first-order valence-corrected chi connectivity index (χ1v) is 15.0. The summed E-state index contributed by atoms with van der Waals surface area (Å²) < 4.78 is 12.0. The Morgan fingerprint density at radius 1 is 1.31 bits per heavy atom. The van der Waals surface area contributed by atoms with Crippen molar-refractivity contribution >= 4 is 50.6 Å². The van der Waals surface area contributed by atoms with Crippen molar-refractivity contribution in [2.24, 2.45) is 11.7 Å². The summed E-state index contributed by atoms with van der Waals surface area (Å²) in [5.41, 5.74) is 8.50. The van der Waals surface area contributed by atoms with E-state index in [0.717, 1.165) is 26.0 Å². The minimum absolute atomic E-state index is 0.0576. The number of carbonyl (C=O) groups excluding carboxylic acids is 2. The van der Waals surface area contributed by atoms with E-state index >= 15 is 0 Å². The van der Waals surface area contributed by atoms with E-state index in [1.165, 1.54) is 0 Å². The zero-order valence-electron chi connectivity index (χ0n) is 20.2. The minimum atomic E-state index is -0.490. The number of amides is 1. The van der Waals surface area contributed by atoms with Gasteiger partial charge in [-0.3, -0.25) is 9.59 Å². The van der Waals surface area contributed by atoms with Gasteiger partial charge in [0.05, 0.1) is 34.3 Å². The second-order valence-corrected chi connectivity index (χ2v) is 11.9. The summed E-state index contributed by atoms with van der Waals surface area (Å²) in [5.74, 6) is 0.196. The molecule has 1 atom stereocenters. The fourth-order valence-electron chi connectivity index (χ4n) is 4.05. The third-order valence-corrected chi connectivity index (χ3v) is 9.91. The second kappa shape index (κ2) is 11.9. The molecule has 1 unspecified atom stereocenters. The van der Waals surface area contributed by atoms with Gasteiger partial charge in [0, 0.05) is 30.1 Å². The van der Waals surface area contributed by atoms with Crippen molar-refractivity contribution in [2.75, 3.05) is 32.6 Å². The van der Waals surface area contributed by atoms with E-state index in [1.807, 2.05) is 47.3 Å². The molecule has 3 N–H and O–H groups in total. The molecular formula is C25H29N4O4S3+. The molecule has 1 saturated heterocycles. The molecule has 1 aromatic carbocycles. The van der Waals surface area contributed by atoms with Crippen molar-refractivity contribution in [2.45, 2.75) is 24.0 Å². The van der Waals surface area contributed by atoms with Crippen LogP contribution in [-0.2, 0) is 14.3 Å². The molecule has 1 aliphatic rings. The maximum absolute atomic E-state index is 12.6. The van der Waals surface area contributed by atoms with Crippen LogP contribution in [0, 0.1) is 11.3 Å². The highest BCUT2D eigenvalue weighted by atomic mass is 32.2. The predicted molar refractivity (Wildman–Crippen MR) is 146 cm³/mol. The molecule has 1 fully saturated rings. The Hall–Kier alpha value is -2.89. The zero-order valence-corrected chi connectivity index (χ0v) is 22.6. The molecule has 36 heavy (non-hydrogen) atoms. The number of rotatable bonds is 9. The van der Waals surface area contributed by atoms with E-state index in [0.29, 0.717) is 38.3 Å². The Morgan fingerprint density at radius 2 is 2.08 bits per heavy atom. The Bertz CT molecular complexity index is 1250. The van der Waals surface area contributed by atoms with Crippen molar-refractivity contribution in [3.63, 3.8) is 0 Å². The molecule has 190 valence electrons. The minimum Gasteiger partial charge on any atom is -0.484 e. The summed E-state index contributed by atoms with van der Waals surface area (Å²) in [6, 6.07) is 9.55. The molecule has 11 heteroatoms. The van der Waals surface area contributed by atoms with Gasteiger partial charge in [-0.25, -0.2) is 10.4 Å². The Balaban J connectivity index is 1.38. The highest BCUT2D eigenvalue weighted by Crippen LogP contribution is 2.43. The largest absolute Gasteiger partial charge is 0.484 e. The van der Waals surface area contributed by atoms with Gasteiger partial charge in [0.1, 0.15) is 16.1 Å².